The highest BCUT2D eigenvalue weighted by atomic mass is 32.2. The van der Waals surface area contributed by atoms with Crippen LogP contribution in [0.15, 0.2) is 23.1 Å². The molecule has 136 valence electrons. The van der Waals surface area contributed by atoms with E-state index in [2.05, 4.69) is 5.32 Å². The molecule has 0 spiro atoms. The average molecular weight is 366 g/mol. The van der Waals surface area contributed by atoms with Gasteiger partial charge in [-0.3, -0.25) is 0 Å². The van der Waals surface area contributed by atoms with Gasteiger partial charge >= 0.3 is 5.97 Å². The highest BCUT2D eigenvalue weighted by Crippen LogP contribution is 2.35. The minimum atomic E-state index is -3.52. The van der Waals surface area contributed by atoms with Gasteiger partial charge in [0.25, 0.3) is 0 Å². The predicted octanol–water partition coefficient (Wildman–Crippen LogP) is 0.393. The first kappa shape index (κ1) is 16.8. The normalized spacial score (nSPS) is 28.4. The monoisotopic (exact) mass is 366 g/mol. The zero-order valence-electron chi connectivity index (χ0n) is 14.1. The lowest BCUT2D eigenvalue weighted by atomic mass is 10.0. The Labute approximate surface area is 147 Å². The fourth-order valence-corrected chi connectivity index (χ4v) is 5.51. The number of rotatable bonds is 4. The molecule has 0 aliphatic carbocycles. The molecule has 4 rings (SSSR count). The maximum Gasteiger partial charge on any atom is 0.347 e. The molecule has 1 unspecified atom stereocenters. The molecule has 0 aromatic heterocycles. The average Bonchev–Trinajstić information content (AvgIpc) is 3.28. The summed E-state index contributed by atoms with van der Waals surface area (Å²) >= 11 is 0. The van der Waals surface area contributed by atoms with E-state index in [1.165, 1.54) is 0 Å². The number of ether oxygens (including phenoxy) is 2. The van der Waals surface area contributed by atoms with E-state index in [4.69, 9.17) is 9.47 Å². The van der Waals surface area contributed by atoms with Crippen LogP contribution < -0.4 is 10.1 Å². The first-order valence-corrected chi connectivity index (χ1v) is 10.1. The number of nitrogens with one attached hydrogen (secondary N) is 1. The fraction of sp³-hybridized carbons (Fsp3) is 0.588. The van der Waals surface area contributed by atoms with Crippen LogP contribution in [0, 0.1) is 11.8 Å². The van der Waals surface area contributed by atoms with Crippen LogP contribution in [0.1, 0.15) is 12.5 Å². The quantitative estimate of drug-likeness (QED) is 0.776. The van der Waals surface area contributed by atoms with Gasteiger partial charge < -0.3 is 14.8 Å². The summed E-state index contributed by atoms with van der Waals surface area (Å²) in [5.41, 5.74) is 0.736. The lowest BCUT2D eigenvalue weighted by molar-refractivity contribution is -0.150. The van der Waals surface area contributed by atoms with Crippen molar-refractivity contribution in [3.05, 3.63) is 23.8 Å². The van der Waals surface area contributed by atoms with Crippen molar-refractivity contribution < 1.29 is 22.7 Å². The Kier molecular flexibility index (Phi) is 4.21. The van der Waals surface area contributed by atoms with E-state index in [-0.39, 0.29) is 4.90 Å². The molecule has 7 nitrogen and oxygen atoms in total. The van der Waals surface area contributed by atoms with Crippen LogP contribution in [-0.4, -0.2) is 57.6 Å². The molecule has 0 radical (unpaired) electrons. The van der Waals surface area contributed by atoms with Gasteiger partial charge in [0.1, 0.15) is 5.75 Å². The summed E-state index contributed by atoms with van der Waals surface area (Å²) < 4.78 is 38.1. The highest BCUT2D eigenvalue weighted by Gasteiger charge is 2.42. The van der Waals surface area contributed by atoms with E-state index in [0.717, 1.165) is 18.7 Å². The Bertz CT molecular complexity index is 782. The number of carbonyl (C=O) groups excluding carboxylic acids is 1. The number of sulfonamides is 1. The molecule has 1 aromatic rings. The van der Waals surface area contributed by atoms with Gasteiger partial charge in [0.2, 0.25) is 10.0 Å². The third-order valence-electron chi connectivity index (χ3n) is 5.25. The summed E-state index contributed by atoms with van der Waals surface area (Å²) in [5.74, 6) is 0.948. The van der Waals surface area contributed by atoms with E-state index in [9.17, 15) is 13.2 Å². The molecule has 3 aliphatic rings. The Balaban J connectivity index is 1.53. The van der Waals surface area contributed by atoms with Gasteiger partial charge in [-0.2, -0.15) is 4.31 Å². The molecule has 2 saturated heterocycles. The van der Waals surface area contributed by atoms with Gasteiger partial charge in [-0.15, -0.1) is 0 Å². The van der Waals surface area contributed by atoms with Gasteiger partial charge in [0, 0.05) is 19.5 Å². The summed E-state index contributed by atoms with van der Waals surface area (Å²) in [7, 11) is -3.52. The smallest absolute Gasteiger partial charge is 0.347 e. The Morgan fingerprint density at radius 3 is 2.72 bits per heavy atom. The van der Waals surface area contributed by atoms with Gasteiger partial charge in [-0.05, 0) is 55.6 Å². The minimum Gasteiger partial charge on any atom is -0.478 e. The van der Waals surface area contributed by atoms with Crippen molar-refractivity contribution in [2.45, 2.75) is 24.3 Å². The molecule has 2 fully saturated rings. The third-order valence-corrected chi connectivity index (χ3v) is 7.08. The molecular weight excluding hydrogens is 344 g/mol. The first-order valence-electron chi connectivity index (χ1n) is 8.66. The highest BCUT2D eigenvalue weighted by molar-refractivity contribution is 7.89. The Morgan fingerprint density at radius 2 is 2.04 bits per heavy atom. The number of carbonyl (C=O) groups is 1. The second-order valence-corrected chi connectivity index (χ2v) is 8.77. The summed E-state index contributed by atoms with van der Waals surface area (Å²) in [5, 5.41) is 3.31. The second kappa shape index (κ2) is 6.26. The van der Waals surface area contributed by atoms with Gasteiger partial charge in [-0.1, -0.05) is 0 Å². The Morgan fingerprint density at radius 1 is 1.32 bits per heavy atom. The summed E-state index contributed by atoms with van der Waals surface area (Å²) in [6, 6.07) is 4.84. The number of fused-ring (bicyclic) bond motifs is 2. The largest absolute Gasteiger partial charge is 0.478 e. The molecule has 25 heavy (non-hydrogen) atoms. The van der Waals surface area contributed by atoms with Crippen molar-refractivity contribution in [2.75, 3.05) is 32.8 Å². The van der Waals surface area contributed by atoms with Crippen molar-refractivity contribution in [1.29, 1.82) is 0 Å². The van der Waals surface area contributed by atoms with E-state index in [1.54, 1.807) is 29.4 Å². The molecule has 0 amide bonds. The van der Waals surface area contributed by atoms with Crippen molar-refractivity contribution >= 4 is 16.0 Å². The van der Waals surface area contributed by atoms with E-state index in [1.807, 2.05) is 0 Å². The zero-order chi connectivity index (χ0) is 17.6. The number of hydrogen-bond acceptors (Lipinski definition) is 6. The zero-order valence-corrected chi connectivity index (χ0v) is 14.9. The number of hydrogen-bond donors (Lipinski definition) is 1. The second-order valence-electron chi connectivity index (χ2n) is 6.83. The molecule has 8 heteroatoms. The molecule has 0 saturated carbocycles. The first-order chi connectivity index (χ1) is 12.0. The fourth-order valence-electron chi connectivity index (χ4n) is 3.91. The summed E-state index contributed by atoms with van der Waals surface area (Å²) in [6.07, 6.45) is -0.350. The standard InChI is InChI=1S/C17H22N2O5S/c1-2-23-17(20)16-6-11-5-14(3-4-15(11)24-16)25(21,22)19-9-12-7-18-8-13(12)10-19/h3-5,12-13,16,18H,2,6-10H2,1H3/t12-,13+,16?. The lowest BCUT2D eigenvalue weighted by Gasteiger charge is -2.17. The van der Waals surface area contributed by atoms with Crippen LogP contribution in [0.3, 0.4) is 0 Å². The van der Waals surface area contributed by atoms with E-state index in [0.29, 0.717) is 43.7 Å². The van der Waals surface area contributed by atoms with Crippen LogP contribution >= 0.6 is 0 Å². The van der Waals surface area contributed by atoms with Gasteiger partial charge in [0.15, 0.2) is 6.10 Å². The number of esters is 1. The third kappa shape index (κ3) is 2.92. The van der Waals surface area contributed by atoms with Crippen molar-refractivity contribution in [3.63, 3.8) is 0 Å². The van der Waals surface area contributed by atoms with Gasteiger partial charge in [0.05, 0.1) is 11.5 Å². The van der Waals surface area contributed by atoms with E-state index >= 15 is 0 Å². The van der Waals surface area contributed by atoms with Crippen molar-refractivity contribution in [1.82, 2.24) is 9.62 Å². The minimum absolute atomic E-state index is 0.271. The topological polar surface area (TPSA) is 84.9 Å². The molecule has 1 aromatic carbocycles. The summed E-state index contributed by atoms with van der Waals surface area (Å²) in [4.78, 5) is 12.1. The summed E-state index contributed by atoms with van der Waals surface area (Å²) in [6.45, 7) is 4.94. The molecule has 3 atom stereocenters. The molecule has 3 heterocycles. The SMILES string of the molecule is CCOC(=O)C1Cc2cc(S(=O)(=O)N3C[C@H]4CNC[C@H]4C3)ccc2O1. The number of benzene rings is 1. The van der Waals surface area contributed by atoms with Crippen LogP contribution in [0.5, 0.6) is 5.75 Å². The van der Waals surface area contributed by atoms with Crippen molar-refractivity contribution in [3.8, 4) is 5.75 Å². The molecule has 3 aliphatic heterocycles. The van der Waals surface area contributed by atoms with Crippen LogP contribution in [0.4, 0.5) is 0 Å². The maximum atomic E-state index is 13.0. The molecular formula is C17H22N2O5S. The maximum absolute atomic E-state index is 13.0. The molecule has 0 bridgehead atoms. The van der Waals surface area contributed by atoms with Crippen LogP contribution in [-0.2, 0) is 26.0 Å². The van der Waals surface area contributed by atoms with Crippen LogP contribution in [0.25, 0.3) is 0 Å². The van der Waals surface area contributed by atoms with E-state index < -0.39 is 22.1 Å². The predicted molar refractivity (Wildman–Crippen MR) is 89.8 cm³/mol. The lowest BCUT2D eigenvalue weighted by Crippen LogP contribution is -2.32. The van der Waals surface area contributed by atoms with Crippen molar-refractivity contribution in [2.24, 2.45) is 11.8 Å². The van der Waals surface area contributed by atoms with Gasteiger partial charge in [-0.25, -0.2) is 13.2 Å². The molecule has 1 N–H and O–H groups in total. The van der Waals surface area contributed by atoms with Crippen LogP contribution in [0.2, 0.25) is 0 Å². The number of nitrogens with zero attached hydrogens (tertiary/aromatic N) is 1. The Hall–Kier alpha value is -1.64.